The number of rotatable bonds is 6. The molecule has 0 aromatic carbocycles. The molecule has 1 saturated heterocycles. The standard InChI is InChI=1S/C12H24O2/c1-3-11(10(2)13)6-4-7-12-8-5-9-14-12/h10-13H,3-9H2,1-2H3. The van der Waals surface area contributed by atoms with E-state index in [1.54, 1.807) is 0 Å². The highest BCUT2D eigenvalue weighted by molar-refractivity contribution is 4.68. The monoisotopic (exact) mass is 200 g/mol. The zero-order valence-electron chi connectivity index (χ0n) is 9.54. The van der Waals surface area contributed by atoms with Crippen molar-refractivity contribution in [3.05, 3.63) is 0 Å². The Morgan fingerprint density at radius 1 is 1.50 bits per heavy atom. The van der Waals surface area contributed by atoms with Crippen molar-refractivity contribution in [2.45, 2.75) is 64.6 Å². The van der Waals surface area contributed by atoms with Gasteiger partial charge >= 0.3 is 0 Å². The molecular weight excluding hydrogens is 176 g/mol. The minimum atomic E-state index is -0.149. The van der Waals surface area contributed by atoms with Gasteiger partial charge in [0.05, 0.1) is 12.2 Å². The molecule has 1 aliphatic heterocycles. The van der Waals surface area contributed by atoms with Gasteiger partial charge in [0.25, 0.3) is 0 Å². The molecule has 1 heterocycles. The van der Waals surface area contributed by atoms with E-state index in [0.29, 0.717) is 12.0 Å². The number of hydrogen-bond donors (Lipinski definition) is 1. The summed E-state index contributed by atoms with van der Waals surface area (Å²) in [5.74, 6) is 0.483. The molecular formula is C12H24O2. The maximum absolute atomic E-state index is 9.47. The van der Waals surface area contributed by atoms with E-state index in [1.807, 2.05) is 6.92 Å². The summed E-state index contributed by atoms with van der Waals surface area (Å²) in [7, 11) is 0. The normalized spacial score (nSPS) is 26.4. The molecule has 3 unspecified atom stereocenters. The minimum Gasteiger partial charge on any atom is -0.393 e. The summed E-state index contributed by atoms with van der Waals surface area (Å²) in [6, 6.07) is 0. The van der Waals surface area contributed by atoms with E-state index >= 15 is 0 Å². The van der Waals surface area contributed by atoms with Gasteiger partial charge in [0.15, 0.2) is 0 Å². The summed E-state index contributed by atoms with van der Waals surface area (Å²) in [6.45, 7) is 5.02. The molecule has 1 fully saturated rings. The van der Waals surface area contributed by atoms with Crippen molar-refractivity contribution in [3.8, 4) is 0 Å². The van der Waals surface area contributed by atoms with E-state index < -0.39 is 0 Å². The highest BCUT2D eigenvalue weighted by atomic mass is 16.5. The molecule has 0 amide bonds. The van der Waals surface area contributed by atoms with E-state index in [-0.39, 0.29) is 6.10 Å². The third-order valence-corrected chi connectivity index (χ3v) is 3.33. The maximum Gasteiger partial charge on any atom is 0.0576 e. The molecule has 1 N–H and O–H groups in total. The van der Waals surface area contributed by atoms with Crippen LogP contribution in [0.3, 0.4) is 0 Å². The molecule has 0 saturated carbocycles. The van der Waals surface area contributed by atoms with Gasteiger partial charge in [-0.15, -0.1) is 0 Å². The van der Waals surface area contributed by atoms with Crippen LogP contribution in [0.5, 0.6) is 0 Å². The van der Waals surface area contributed by atoms with Crippen molar-refractivity contribution in [2.24, 2.45) is 5.92 Å². The van der Waals surface area contributed by atoms with Gasteiger partial charge < -0.3 is 9.84 Å². The van der Waals surface area contributed by atoms with Gasteiger partial charge in [0, 0.05) is 6.61 Å². The van der Waals surface area contributed by atoms with Crippen molar-refractivity contribution in [1.82, 2.24) is 0 Å². The Morgan fingerprint density at radius 2 is 2.29 bits per heavy atom. The van der Waals surface area contributed by atoms with Crippen LogP contribution in [0.4, 0.5) is 0 Å². The molecule has 2 nitrogen and oxygen atoms in total. The number of hydrogen-bond acceptors (Lipinski definition) is 2. The number of aliphatic hydroxyl groups excluding tert-OH is 1. The third-order valence-electron chi connectivity index (χ3n) is 3.33. The van der Waals surface area contributed by atoms with Gasteiger partial charge in [0.1, 0.15) is 0 Å². The molecule has 0 radical (unpaired) electrons. The predicted octanol–water partition coefficient (Wildman–Crippen LogP) is 2.74. The van der Waals surface area contributed by atoms with Gasteiger partial charge in [-0.25, -0.2) is 0 Å². The van der Waals surface area contributed by atoms with Crippen LogP contribution in [0.1, 0.15) is 52.4 Å². The first kappa shape index (κ1) is 12.0. The van der Waals surface area contributed by atoms with E-state index in [1.165, 1.54) is 25.7 Å². The summed E-state index contributed by atoms with van der Waals surface area (Å²) < 4.78 is 5.57. The van der Waals surface area contributed by atoms with Crippen LogP contribution < -0.4 is 0 Å². The van der Waals surface area contributed by atoms with Gasteiger partial charge in [-0.1, -0.05) is 19.8 Å². The molecule has 0 bridgehead atoms. The first-order valence-corrected chi connectivity index (χ1v) is 6.03. The smallest absolute Gasteiger partial charge is 0.0576 e. The Hall–Kier alpha value is -0.0800. The molecule has 0 aromatic heterocycles. The van der Waals surface area contributed by atoms with Crippen molar-refractivity contribution in [3.63, 3.8) is 0 Å². The molecule has 14 heavy (non-hydrogen) atoms. The lowest BCUT2D eigenvalue weighted by molar-refractivity contribution is 0.0895. The lowest BCUT2D eigenvalue weighted by atomic mass is 9.93. The summed E-state index contributed by atoms with van der Waals surface area (Å²) in [5, 5.41) is 9.47. The lowest BCUT2D eigenvalue weighted by Gasteiger charge is -2.18. The molecule has 0 spiro atoms. The number of aliphatic hydroxyl groups is 1. The highest BCUT2D eigenvalue weighted by Crippen LogP contribution is 2.21. The van der Waals surface area contributed by atoms with Crippen LogP contribution in [0.15, 0.2) is 0 Å². The fourth-order valence-corrected chi connectivity index (χ4v) is 2.27. The van der Waals surface area contributed by atoms with Crippen LogP contribution >= 0.6 is 0 Å². The topological polar surface area (TPSA) is 29.5 Å². The highest BCUT2D eigenvalue weighted by Gasteiger charge is 2.17. The van der Waals surface area contributed by atoms with Crippen LogP contribution in [-0.4, -0.2) is 23.9 Å². The number of ether oxygens (including phenoxy) is 1. The fraction of sp³-hybridized carbons (Fsp3) is 1.00. The molecule has 0 aliphatic carbocycles. The van der Waals surface area contributed by atoms with E-state index in [9.17, 15) is 5.11 Å². The largest absolute Gasteiger partial charge is 0.393 e. The summed E-state index contributed by atoms with van der Waals surface area (Å²) >= 11 is 0. The summed E-state index contributed by atoms with van der Waals surface area (Å²) in [5.41, 5.74) is 0. The molecule has 84 valence electrons. The Balaban J connectivity index is 2.06. The second-order valence-corrected chi connectivity index (χ2v) is 4.47. The van der Waals surface area contributed by atoms with Crippen LogP contribution in [-0.2, 0) is 4.74 Å². The van der Waals surface area contributed by atoms with Crippen molar-refractivity contribution in [1.29, 1.82) is 0 Å². The Kier molecular flexibility index (Phi) is 5.49. The quantitative estimate of drug-likeness (QED) is 0.714. The van der Waals surface area contributed by atoms with Gasteiger partial charge in [0.2, 0.25) is 0 Å². The average Bonchev–Trinajstić information content (AvgIpc) is 2.64. The zero-order valence-corrected chi connectivity index (χ0v) is 9.54. The Labute approximate surface area is 87.7 Å². The first-order chi connectivity index (χ1) is 6.74. The molecule has 1 rings (SSSR count). The summed E-state index contributed by atoms with van der Waals surface area (Å²) in [4.78, 5) is 0. The maximum atomic E-state index is 9.47. The van der Waals surface area contributed by atoms with Crippen molar-refractivity contribution >= 4 is 0 Å². The van der Waals surface area contributed by atoms with Crippen molar-refractivity contribution < 1.29 is 9.84 Å². The van der Waals surface area contributed by atoms with Gasteiger partial charge in [-0.05, 0) is 38.5 Å². The van der Waals surface area contributed by atoms with Crippen molar-refractivity contribution in [2.75, 3.05) is 6.61 Å². The van der Waals surface area contributed by atoms with E-state index in [0.717, 1.165) is 19.4 Å². The SMILES string of the molecule is CCC(CCCC1CCCO1)C(C)O. The second kappa shape index (κ2) is 6.41. The summed E-state index contributed by atoms with van der Waals surface area (Å²) in [6.07, 6.45) is 7.46. The van der Waals surface area contributed by atoms with Gasteiger partial charge in [-0.2, -0.15) is 0 Å². The second-order valence-electron chi connectivity index (χ2n) is 4.47. The first-order valence-electron chi connectivity index (χ1n) is 6.03. The Bertz CT molecular complexity index is 139. The lowest BCUT2D eigenvalue weighted by Crippen LogP contribution is -2.16. The predicted molar refractivity (Wildman–Crippen MR) is 58.3 cm³/mol. The molecule has 1 aliphatic rings. The third kappa shape index (κ3) is 3.97. The molecule has 3 atom stereocenters. The zero-order chi connectivity index (χ0) is 10.4. The molecule has 2 heteroatoms. The fourth-order valence-electron chi connectivity index (χ4n) is 2.27. The van der Waals surface area contributed by atoms with Crippen LogP contribution in [0.2, 0.25) is 0 Å². The van der Waals surface area contributed by atoms with Gasteiger partial charge in [-0.3, -0.25) is 0 Å². The Morgan fingerprint density at radius 3 is 2.79 bits per heavy atom. The van der Waals surface area contributed by atoms with E-state index in [2.05, 4.69) is 6.92 Å². The van der Waals surface area contributed by atoms with Crippen LogP contribution in [0, 0.1) is 5.92 Å². The molecule has 0 aromatic rings. The van der Waals surface area contributed by atoms with E-state index in [4.69, 9.17) is 4.74 Å². The van der Waals surface area contributed by atoms with Crippen LogP contribution in [0.25, 0.3) is 0 Å². The minimum absolute atomic E-state index is 0.149. The average molecular weight is 200 g/mol.